The molecule has 0 radical (unpaired) electrons. The molecule has 0 atom stereocenters. The molecule has 0 aromatic heterocycles. The second-order valence-electron chi connectivity index (χ2n) is 3.21. The highest BCUT2D eigenvalue weighted by atomic mass is 32.1. The van der Waals surface area contributed by atoms with Gasteiger partial charge in [-0.2, -0.15) is 0 Å². The standard InChI is InChI=1S/C9H20N2O2S/c10-9(14)3-1-2-4-11(5-7-12)6-8-13/h12-13H,1-8H2,(H2,10,14). The third-order valence-corrected chi connectivity index (χ3v) is 2.18. The van der Waals surface area contributed by atoms with Gasteiger partial charge >= 0.3 is 0 Å². The fraction of sp³-hybridized carbons (Fsp3) is 0.889. The Kier molecular flexibility index (Phi) is 9.18. The zero-order chi connectivity index (χ0) is 10.8. The highest BCUT2D eigenvalue weighted by Crippen LogP contribution is 1.98. The van der Waals surface area contributed by atoms with E-state index in [9.17, 15) is 0 Å². The van der Waals surface area contributed by atoms with Crippen molar-refractivity contribution < 1.29 is 10.2 Å². The maximum Gasteiger partial charge on any atom is 0.0727 e. The third-order valence-electron chi connectivity index (χ3n) is 1.98. The van der Waals surface area contributed by atoms with Crippen molar-refractivity contribution in [3.63, 3.8) is 0 Å². The van der Waals surface area contributed by atoms with Crippen molar-refractivity contribution in [1.29, 1.82) is 0 Å². The monoisotopic (exact) mass is 220 g/mol. The number of thiocarbonyl (C=S) groups is 1. The van der Waals surface area contributed by atoms with Crippen molar-refractivity contribution in [2.75, 3.05) is 32.8 Å². The van der Waals surface area contributed by atoms with E-state index in [0.29, 0.717) is 18.1 Å². The molecule has 0 amide bonds. The van der Waals surface area contributed by atoms with Crippen molar-refractivity contribution in [3.05, 3.63) is 0 Å². The Labute approximate surface area is 90.7 Å². The Bertz CT molecular complexity index is 150. The minimum atomic E-state index is 0.134. The molecule has 0 saturated heterocycles. The molecule has 0 aliphatic heterocycles. The van der Waals surface area contributed by atoms with Gasteiger partial charge in [0.05, 0.1) is 18.2 Å². The minimum absolute atomic E-state index is 0.134. The van der Waals surface area contributed by atoms with E-state index in [1.165, 1.54) is 0 Å². The molecule has 0 aromatic rings. The first-order chi connectivity index (χ1) is 6.70. The van der Waals surface area contributed by atoms with Gasteiger partial charge in [-0.1, -0.05) is 12.2 Å². The lowest BCUT2D eigenvalue weighted by Gasteiger charge is -2.19. The van der Waals surface area contributed by atoms with Crippen molar-refractivity contribution >= 4 is 17.2 Å². The maximum atomic E-state index is 8.74. The summed E-state index contributed by atoms with van der Waals surface area (Å²) in [6, 6.07) is 0. The van der Waals surface area contributed by atoms with Crippen LogP contribution < -0.4 is 5.73 Å². The molecule has 0 fully saturated rings. The Morgan fingerprint density at radius 1 is 1.07 bits per heavy atom. The number of hydrogen-bond acceptors (Lipinski definition) is 4. The molecule has 0 aromatic carbocycles. The zero-order valence-corrected chi connectivity index (χ0v) is 9.30. The van der Waals surface area contributed by atoms with E-state index in [-0.39, 0.29) is 13.2 Å². The van der Waals surface area contributed by atoms with E-state index < -0.39 is 0 Å². The van der Waals surface area contributed by atoms with Gasteiger partial charge in [0.2, 0.25) is 0 Å². The van der Waals surface area contributed by atoms with Gasteiger partial charge in [0.15, 0.2) is 0 Å². The van der Waals surface area contributed by atoms with E-state index in [0.717, 1.165) is 25.8 Å². The van der Waals surface area contributed by atoms with Gasteiger partial charge in [-0.05, 0) is 25.8 Å². The van der Waals surface area contributed by atoms with Gasteiger partial charge in [-0.25, -0.2) is 0 Å². The molecule has 0 bridgehead atoms. The average Bonchev–Trinajstić information content (AvgIpc) is 2.12. The van der Waals surface area contributed by atoms with E-state index in [2.05, 4.69) is 0 Å². The number of aliphatic hydroxyl groups is 2. The SMILES string of the molecule is NC(=S)CCCCN(CCO)CCO. The summed E-state index contributed by atoms with van der Waals surface area (Å²) < 4.78 is 0. The summed E-state index contributed by atoms with van der Waals surface area (Å²) in [6.45, 7) is 2.38. The molecule has 0 heterocycles. The fourth-order valence-corrected chi connectivity index (χ4v) is 1.40. The van der Waals surface area contributed by atoms with Gasteiger partial charge < -0.3 is 15.9 Å². The summed E-state index contributed by atoms with van der Waals surface area (Å²) in [5.41, 5.74) is 5.36. The first kappa shape index (κ1) is 13.8. The molecule has 4 nitrogen and oxygen atoms in total. The molecule has 14 heavy (non-hydrogen) atoms. The van der Waals surface area contributed by atoms with Gasteiger partial charge in [-0.15, -0.1) is 0 Å². The van der Waals surface area contributed by atoms with Crippen LogP contribution in [0, 0.1) is 0 Å². The van der Waals surface area contributed by atoms with Crippen LogP contribution in [-0.4, -0.2) is 52.9 Å². The van der Waals surface area contributed by atoms with Gasteiger partial charge in [-0.3, -0.25) is 4.90 Å². The summed E-state index contributed by atoms with van der Waals surface area (Å²) in [6.07, 6.45) is 2.75. The molecule has 0 unspecified atom stereocenters. The Balaban J connectivity index is 3.44. The summed E-state index contributed by atoms with van der Waals surface area (Å²) in [5.74, 6) is 0. The van der Waals surface area contributed by atoms with Crippen molar-refractivity contribution in [2.45, 2.75) is 19.3 Å². The van der Waals surface area contributed by atoms with Crippen LogP contribution in [0.15, 0.2) is 0 Å². The smallest absolute Gasteiger partial charge is 0.0727 e. The maximum absolute atomic E-state index is 8.74. The molecule has 4 N–H and O–H groups in total. The van der Waals surface area contributed by atoms with Crippen LogP contribution in [0.3, 0.4) is 0 Å². The lowest BCUT2D eigenvalue weighted by molar-refractivity contribution is 0.159. The highest BCUT2D eigenvalue weighted by Gasteiger charge is 2.02. The Morgan fingerprint density at radius 2 is 1.64 bits per heavy atom. The first-order valence-electron chi connectivity index (χ1n) is 4.93. The molecule has 0 saturated carbocycles. The molecular weight excluding hydrogens is 200 g/mol. The van der Waals surface area contributed by atoms with Gasteiger partial charge in [0, 0.05) is 13.1 Å². The quantitative estimate of drug-likeness (QED) is 0.368. The molecule has 0 spiro atoms. The highest BCUT2D eigenvalue weighted by molar-refractivity contribution is 7.80. The average molecular weight is 220 g/mol. The number of nitrogens with zero attached hydrogens (tertiary/aromatic N) is 1. The minimum Gasteiger partial charge on any atom is -0.395 e. The van der Waals surface area contributed by atoms with E-state index in [1.54, 1.807) is 0 Å². The lowest BCUT2D eigenvalue weighted by Crippen LogP contribution is -2.30. The van der Waals surface area contributed by atoms with Crippen LogP contribution in [0.2, 0.25) is 0 Å². The van der Waals surface area contributed by atoms with E-state index in [1.807, 2.05) is 4.90 Å². The van der Waals surface area contributed by atoms with E-state index >= 15 is 0 Å². The van der Waals surface area contributed by atoms with Gasteiger partial charge in [0.25, 0.3) is 0 Å². The second-order valence-corrected chi connectivity index (χ2v) is 3.74. The van der Waals surface area contributed by atoms with Crippen LogP contribution in [-0.2, 0) is 0 Å². The van der Waals surface area contributed by atoms with Crippen molar-refractivity contribution in [1.82, 2.24) is 4.90 Å². The molecule has 5 heteroatoms. The number of unbranched alkanes of at least 4 members (excludes halogenated alkanes) is 1. The summed E-state index contributed by atoms with van der Waals surface area (Å²) in [4.78, 5) is 2.58. The van der Waals surface area contributed by atoms with Crippen molar-refractivity contribution in [2.24, 2.45) is 5.73 Å². The summed E-state index contributed by atoms with van der Waals surface area (Å²) in [5, 5.41) is 17.5. The number of aliphatic hydroxyl groups excluding tert-OH is 2. The van der Waals surface area contributed by atoms with E-state index in [4.69, 9.17) is 28.2 Å². The van der Waals surface area contributed by atoms with Crippen LogP contribution in [0.25, 0.3) is 0 Å². The topological polar surface area (TPSA) is 69.7 Å². The van der Waals surface area contributed by atoms with Crippen LogP contribution in [0.1, 0.15) is 19.3 Å². The Hall–Kier alpha value is -0.230. The van der Waals surface area contributed by atoms with Crippen LogP contribution >= 0.6 is 12.2 Å². The van der Waals surface area contributed by atoms with Crippen molar-refractivity contribution in [3.8, 4) is 0 Å². The molecule has 0 aliphatic carbocycles. The summed E-state index contributed by atoms with van der Waals surface area (Å²) >= 11 is 4.76. The second kappa shape index (κ2) is 9.33. The first-order valence-corrected chi connectivity index (χ1v) is 5.34. The fourth-order valence-electron chi connectivity index (χ4n) is 1.25. The zero-order valence-electron chi connectivity index (χ0n) is 8.48. The largest absolute Gasteiger partial charge is 0.395 e. The van der Waals surface area contributed by atoms with Gasteiger partial charge in [0.1, 0.15) is 0 Å². The third kappa shape index (κ3) is 8.37. The molecule has 0 aliphatic rings. The van der Waals surface area contributed by atoms with Crippen LogP contribution in [0.4, 0.5) is 0 Å². The Morgan fingerprint density at radius 3 is 2.07 bits per heavy atom. The normalized spacial score (nSPS) is 10.8. The van der Waals surface area contributed by atoms with Crippen LogP contribution in [0.5, 0.6) is 0 Å². The number of rotatable bonds is 9. The lowest BCUT2D eigenvalue weighted by atomic mass is 10.2. The molecule has 0 rings (SSSR count). The summed E-state index contributed by atoms with van der Waals surface area (Å²) in [7, 11) is 0. The molecular formula is C9H20N2O2S. The predicted molar refractivity (Wildman–Crippen MR) is 61.2 cm³/mol. The molecule has 84 valence electrons. The predicted octanol–water partition coefficient (Wildman–Crippen LogP) is -0.271. The number of nitrogens with two attached hydrogens (primary N) is 1. The number of hydrogen-bond donors (Lipinski definition) is 3.